The molecule has 1 fully saturated rings. The molecule has 1 aromatic carbocycles. The van der Waals surface area contributed by atoms with E-state index in [1.807, 2.05) is 18.2 Å². The molecule has 1 saturated carbocycles. The van der Waals surface area contributed by atoms with Crippen molar-refractivity contribution in [2.24, 2.45) is 0 Å². The molecule has 0 atom stereocenters. The Balaban J connectivity index is 1.88. The van der Waals surface area contributed by atoms with E-state index in [0.29, 0.717) is 16.3 Å². The van der Waals surface area contributed by atoms with Crippen molar-refractivity contribution in [3.8, 4) is 11.5 Å². The van der Waals surface area contributed by atoms with Gasteiger partial charge in [-0.15, -0.1) is 10.2 Å². The van der Waals surface area contributed by atoms with Gasteiger partial charge in [-0.2, -0.15) is 8.78 Å². The van der Waals surface area contributed by atoms with E-state index in [1.165, 1.54) is 6.20 Å². The van der Waals surface area contributed by atoms with Gasteiger partial charge in [-0.1, -0.05) is 29.8 Å². The van der Waals surface area contributed by atoms with Crippen molar-refractivity contribution in [1.82, 2.24) is 20.2 Å². The predicted molar refractivity (Wildman–Crippen MR) is 86.2 cm³/mol. The van der Waals surface area contributed by atoms with Crippen LogP contribution in [-0.4, -0.2) is 20.2 Å². The zero-order chi connectivity index (χ0) is 17.6. The first-order valence-corrected chi connectivity index (χ1v) is 7.89. The smallest absolute Gasteiger partial charge is 0.314 e. The van der Waals surface area contributed by atoms with Crippen LogP contribution in [0.1, 0.15) is 36.4 Å². The Kier molecular flexibility index (Phi) is 3.64. The summed E-state index contributed by atoms with van der Waals surface area (Å²) >= 11 is 6.36. The average molecular weight is 364 g/mol. The van der Waals surface area contributed by atoms with Gasteiger partial charge in [0.25, 0.3) is 11.8 Å². The number of alkyl halides is 2. The molecule has 2 N–H and O–H groups in total. The lowest BCUT2D eigenvalue weighted by Crippen LogP contribution is -2.15. The van der Waals surface area contributed by atoms with Gasteiger partial charge in [0.05, 0.1) is 11.3 Å². The molecule has 0 radical (unpaired) electrons. The van der Waals surface area contributed by atoms with Crippen molar-refractivity contribution < 1.29 is 13.2 Å². The van der Waals surface area contributed by atoms with E-state index in [0.717, 1.165) is 18.4 Å². The van der Waals surface area contributed by atoms with Gasteiger partial charge in [0.2, 0.25) is 5.95 Å². The van der Waals surface area contributed by atoms with Gasteiger partial charge in [-0.3, -0.25) is 0 Å². The number of hydrogen-bond donors (Lipinski definition) is 1. The fourth-order valence-electron chi connectivity index (χ4n) is 2.96. The number of rotatable bonds is 4. The maximum Gasteiger partial charge on any atom is 0.314 e. The molecule has 2 aromatic heterocycles. The van der Waals surface area contributed by atoms with Crippen molar-refractivity contribution in [2.75, 3.05) is 5.73 Å². The molecule has 4 rings (SSSR count). The van der Waals surface area contributed by atoms with Crippen LogP contribution in [0, 0.1) is 0 Å². The van der Waals surface area contributed by atoms with Crippen LogP contribution in [-0.2, 0) is 5.41 Å². The van der Waals surface area contributed by atoms with E-state index in [1.54, 1.807) is 6.07 Å². The zero-order valence-corrected chi connectivity index (χ0v) is 13.5. The third-order valence-electron chi connectivity index (χ3n) is 4.26. The van der Waals surface area contributed by atoms with Crippen LogP contribution in [0.15, 0.2) is 34.9 Å². The predicted octanol–water partition coefficient (Wildman–Crippen LogP) is 3.78. The quantitative estimate of drug-likeness (QED) is 0.758. The highest BCUT2D eigenvalue weighted by Gasteiger charge is 2.50. The monoisotopic (exact) mass is 363 g/mol. The second-order valence-electron chi connectivity index (χ2n) is 5.80. The number of nitrogens with zero attached hydrogens (tertiary/aromatic N) is 4. The summed E-state index contributed by atoms with van der Waals surface area (Å²) in [6.07, 6.45) is 0.140. The molecule has 0 spiro atoms. The van der Waals surface area contributed by atoms with Crippen molar-refractivity contribution in [2.45, 2.75) is 24.7 Å². The highest BCUT2D eigenvalue weighted by Crippen LogP contribution is 2.56. The first-order valence-electron chi connectivity index (χ1n) is 7.51. The summed E-state index contributed by atoms with van der Waals surface area (Å²) in [5, 5.41) is 7.67. The lowest BCUT2D eigenvalue weighted by atomic mass is 9.89. The molecule has 6 nitrogen and oxygen atoms in total. The van der Waals surface area contributed by atoms with Crippen LogP contribution >= 0.6 is 11.6 Å². The highest BCUT2D eigenvalue weighted by molar-refractivity contribution is 6.31. The molecular formula is C16H12ClF2N5O. The Labute approximate surface area is 146 Å². The Morgan fingerprint density at radius 2 is 1.96 bits per heavy atom. The minimum atomic E-state index is -2.85. The number of benzene rings is 1. The minimum absolute atomic E-state index is 0.0661. The van der Waals surface area contributed by atoms with Crippen LogP contribution in [0.25, 0.3) is 11.5 Å². The standard InChI is InChI=1S/C16H12ClF2N5O/c17-10-4-2-1-3-9(10)16(5-6-16)11-8(7-21-15(20)22-11)13-23-24-14(25-13)12(18)19/h1-4,7,12H,5-6H2,(H2,20,21,22). The SMILES string of the molecule is Nc1ncc(-c2nnc(C(F)F)o2)c(C2(c3ccccc3Cl)CC2)n1. The highest BCUT2D eigenvalue weighted by atomic mass is 35.5. The normalized spacial score (nSPS) is 15.5. The van der Waals surface area contributed by atoms with Crippen LogP contribution in [0.3, 0.4) is 0 Å². The van der Waals surface area contributed by atoms with Gasteiger partial charge in [0.1, 0.15) is 0 Å². The molecule has 3 aromatic rings. The van der Waals surface area contributed by atoms with Crippen LogP contribution in [0.5, 0.6) is 0 Å². The second kappa shape index (κ2) is 5.73. The van der Waals surface area contributed by atoms with Crippen LogP contribution in [0.2, 0.25) is 5.02 Å². The van der Waals surface area contributed by atoms with E-state index >= 15 is 0 Å². The summed E-state index contributed by atoms with van der Waals surface area (Å²) in [4.78, 5) is 8.29. The van der Waals surface area contributed by atoms with Crippen LogP contribution < -0.4 is 5.73 Å². The largest absolute Gasteiger partial charge is 0.415 e. The number of nitrogen functional groups attached to an aromatic ring is 1. The molecule has 0 bridgehead atoms. The fraction of sp³-hybridized carbons (Fsp3) is 0.250. The van der Waals surface area contributed by atoms with E-state index in [9.17, 15) is 8.78 Å². The van der Waals surface area contributed by atoms with E-state index < -0.39 is 17.7 Å². The summed E-state index contributed by atoms with van der Waals surface area (Å²) in [6, 6.07) is 7.43. The third-order valence-corrected chi connectivity index (χ3v) is 4.59. The van der Waals surface area contributed by atoms with Crippen molar-refractivity contribution >= 4 is 17.5 Å². The Morgan fingerprint density at radius 1 is 1.20 bits per heavy atom. The van der Waals surface area contributed by atoms with Crippen LogP contribution in [0.4, 0.5) is 14.7 Å². The van der Waals surface area contributed by atoms with Gasteiger partial charge < -0.3 is 10.2 Å². The van der Waals surface area contributed by atoms with Gasteiger partial charge in [-0.25, -0.2) is 9.97 Å². The Hall–Kier alpha value is -2.61. The average Bonchev–Trinajstić information content (AvgIpc) is 3.24. The van der Waals surface area contributed by atoms with Crippen molar-refractivity contribution in [1.29, 1.82) is 0 Å². The van der Waals surface area contributed by atoms with E-state index in [-0.39, 0.29) is 11.8 Å². The number of hydrogen-bond acceptors (Lipinski definition) is 6. The zero-order valence-electron chi connectivity index (χ0n) is 12.8. The van der Waals surface area contributed by atoms with Gasteiger partial charge in [-0.05, 0) is 24.5 Å². The fourth-order valence-corrected chi connectivity index (χ4v) is 3.27. The molecule has 128 valence electrons. The number of anilines is 1. The first-order chi connectivity index (χ1) is 12.0. The topological polar surface area (TPSA) is 90.7 Å². The lowest BCUT2D eigenvalue weighted by molar-refractivity contribution is 0.116. The summed E-state index contributed by atoms with van der Waals surface area (Å²) in [5.41, 5.74) is 7.12. The maximum atomic E-state index is 12.8. The van der Waals surface area contributed by atoms with Crippen molar-refractivity contribution in [3.05, 3.63) is 52.6 Å². The molecule has 0 saturated heterocycles. The summed E-state index contributed by atoms with van der Waals surface area (Å²) < 4.78 is 30.6. The Morgan fingerprint density at radius 3 is 2.60 bits per heavy atom. The lowest BCUT2D eigenvalue weighted by Gasteiger charge is -2.19. The summed E-state index contributed by atoms with van der Waals surface area (Å²) in [6.45, 7) is 0. The molecule has 0 amide bonds. The molecule has 0 aliphatic heterocycles. The van der Waals surface area contributed by atoms with Crippen molar-refractivity contribution in [3.63, 3.8) is 0 Å². The summed E-state index contributed by atoms with van der Waals surface area (Å²) in [5.74, 6) is -0.741. The molecule has 2 heterocycles. The number of halogens is 3. The minimum Gasteiger partial charge on any atom is -0.415 e. The molecule has 1 aliphatic carbocycles. The third kappa shape index (κ3) is 2.62. The van der Waals surface area contributed by atoms with E-state index in [2.05, 4.69) is 20.2 Å². The van der Waals surface area contributed by atoms with E-state index in [4.69, 9.17) is 21.8 Å². The first kappa shape index (κ1) is 15.9. The second-order valence-corrected chi connectivity index (χ2v) is 6.21. The molecule has 25 heavy (non-hydrogen) atoms. The van der Waals surface area contributed by atoms with Gasteiger partial charge in [0, 0.05) is 16.6 Å². The summed E-state index contributed by atoms with van der Waals surface area (Å²) in [7, 11) is 0. The molecule has 9 heteroatoms. The van der Waals surface area contributed by atoms with Gasteiger partial charge in [0.15, 0.2) is 0 Å². The number of aromatic nitrogens is 4. The number of nitrogens with two attached hydrogens (primary N) is 1. The Bertz CT molecular complexity index is 942. The molecular weight excluding hydrogens is 352 g/mol. The molecule has 1 aliphatic rings. The molecule has 0 unspecified atom stereocenters. The van der Waals surface area contributed by atoms with Gasteiger partial charge >= 0.3 is 6.43 Å². The maximum absolute atomic E-state index is 12.8.